The normalized spacial score (nSPS) is 18.4. The molecule has 0 radical (unpaired) electrons. The maximum Gasteiger partial charge on any atom is 0.272 e. The zero-order valence-electron chi connectivity index (χ0n) is 29.6. The second-order valence-electron chi connectivity index (χ2n) is 14.7. The van der Waals surface area contributed by atoms with Crippen LogP contribution in [0.1, 0.15) is 117 Å². The summed E-state index contributed by atoms with van der Waals surface area (Å²) in [5, 5.41) is 11.9. The highest BCUT2D eigenvalue weighted by molar-refractivity contribution is 5.98. The molecule has 262 valence electrons. The van der Waals surface area contributed by atoms with E-state index in [-0.39, 0.29) is 53.3 Å². The van der Waals surface area contributed by atoms with Crippen molar-refractivity contribution in [1.82, 2.24) is 36.1 Å². The van der Waals surface area contributed by atoms with Crippen LogP contribution in [0.2, 0.25) is 0 Å². The van der Waals surface area contributed by atoms with Gasteiger partial charge < -0.3 is 26.2 Å². The van der Waals surface area contributed by atoms with Gasteiger partial charge in [-0.3, -0.25) is 29.0 Å². The van der Waals surface area contributed by atoms with E-state index >= 15 is 0 Å². The zero-order chi connectivity index (χ0) is 34.9. The Hall–Kier alpha value is -3.57. The molecule has 2 aliphatic rings. The largest absolute Gasteiger partial charge is 0.353 e. The molecule has 1 heterocycles. The van der Waals surface area contributed by atoms with Crippen LogP contribution in [0.4, 0.5) is 0 Å². The third-order valence-corrected chi connectivity index (χ3v) is 9.44. The van der Waals surface area contributed by atoms with Crippen LogP contribution in [0.15, 0.2) is 18.6 Å². The minimum Gasteiger partial charge on any atom is -0.353 e. The van der Waals surface area contributed by atoms with E-state index in [0.717, 1.165) is 38.5 Å². The standard InChI is InChI=1S/C35H57N7O5/c1-9-25(31(44)38-24-15-16-24)26(10-2)39-30(43)22(5)42(20-23-13-11-12-14-23)34(47)29(35(6,7)8)41-33(46)28(21(3)4)40-32(45)27-19-36-17-18-37-27/h17-19,21-26,28-29H,9-16,20H2,1-8H3,(H,38,44)(H,39,43)(H,40,45)(H,41,46)/t22?,25?,26?,28-,29?/m0/s1. The number of hydrogen-bond acceptors (Lipinski definition) is 7. The van der Waals surface area contributed by atoms with Crippen LogP contribution in [0.25, 0.3) is 0 Å². The van der Waals surface area contributed by atoms with Crippen LogP contribution in [0.3, 0.4) is 0 Å². The van der Waals surface area contributed by atoms with Crippen LogP contribution in [0, 0.1) is 23.2 Å². The Morgan fingerprint density at radius 1 is 0.872 bits per heavy atom. The van der Waals surface area contributed by atoms with Crippen molar-refractivity contribution in [2.75, 3.05) is 6.54 Å². The van der Waals surface area contributed by atoms with Crippen LogP contribution in [-0.4, -0.2) is 81.2 Å². The third kappa shape index (κ3) is 10.7. The van der Waals surface area contributed by atoms with E-state index in [0.29, 0.717) is 19.4 Å². The summed E-state index contributed by atoms with van der Waals surface area (Å²) in [5.41, 5.74) is -0.634. The Labute approximate surface area is 280 Å². The maximum atomic E-state index is 14.5. The molecule has 1 aromatic rings. The number of rotatable bonds is 16. The molecule has 0 aliphatic heterocycles. The van der Waals surface area contributed by atoms with Gasteiger partial charge in [-0.1, -0.05) is 61.3 Å². The summed E-state index contributed by atoms with van der Waals surface area (Å²) in [6.45, 7) is 15.2. The monoisotopic (exact) mass is 655 g/mol. The molecule has 5 amide bonds. The van der Waals surface area contributed by atoms with Gasteiger partial charge in [0, 0.05) is 31.0 Å². The van der Waals surface area contributed by atoms with Crippen molar-refractivity contribution in [3.63, 3.8) is 0 Å². The fourth-order valence-corrected chi connectivity index (χ4v) is 6.24. The quantitative estimate of drug-likeness (QED) is 0.212. The molecule has 2 aliphatic carbocycles. The Kier molecular flexibility index (Phi) is 13.7. The fraction of sp³-hybridized carbons (Fsp3) is 0.743. The van der Waals surface area contributed by atoms with Gasteiger partial charge in [-0.2, -0.15) is 0 Å². The lowest BCUT2D eigenvalue weighted by Crippen LogP contribution is -2.62. The van der Waals surface area contributed by atoms with Gasteiger partial charge in [0.2, 0.25) is 23.6 Å². The first-order chi connectivity index (χ1) is 22.2. The van der Waals surface area contributed by atoms with Crippen molar-refractivity contribution in [1.29, 1.82) is 0 Å². The van der Waals surface area contributed by atoms with Crippen molar-refractivity contribution < 1.29 is 24.0 Å². The zero-order valence-corrected chi connectivity index (χ0v) is 29.6. The molecule has 4 N–H and O–H groups in total. The Morgan fingerprint density at radius 2 is 1.53 bits per heavy atom. The third-order valence-electron chi connectivity index (χ3n) is 9.44. The Morgan fingerprint density at radius 3 is 2.04 bits per heavy atom. The average Bonchev–Trinajstić information content (AvgIpc) is 3.69. The summed E-state index contributed by atoms with van der Waals surface area (Å²) in [7, 11) is 0. The highest BCUT2D eigenvalue weighted by atomic mass is 16.2. The Balaban J connectivity index is 1.83. The summed E-state index contributed by atoms with van der Waals surface area (Å²) < 4.78 is 0. The SMILES string of the molecule is CCC(NC(=O)C(C)N(CC1CCCC1)C(=O)C(NC(=O)[C@@H](NC(=O)c1cnccn1)C(C)C)C(C)(C)C)C(CC)C(=O)NC1CC1. The number of nitrogens with zero attached hydrogens (tertiary/aromatic N) is 3. The summed E-state index contributed by atoms with van der Waals surface area (Å²) in [5.74, 6) is -2.18. The van der Waals surface area contributed by atoms with E-state index in [1.54, 1.807) is 11.8 Å². The summed E-state index contributed by atoms with van der Waals surface area (Å²) in [6.07, 6.45) is 11.4. The lowest BCUT2D eigenvalue weighted by Gasteiger charge is -2.39. The van der Waals surface area contributed by atoms with Gasteiger partial charge in [0.1, 0.15) is 23.8 Å². The number of amides is 5. The molecule has 3 rings (SSSR count). The molecule has 0 saturated heterocycles. The van der Waals surface area contributed by atoms with Gasteiger partial charge in [-0.25, -0.2) is 4.98 Å². The number of aromatic nitrogens is 2. The van der Waals surface area contributed by atoms with Gasteiger partial charge in [0.15, 0.2) is 0 Å². The first-order valence-electron chi connectivity index (χ1n) is 17.5. The number of nitrogens with one attached hydrogen (secondary N) is 4. The van der Waals surface area contributed by atoms with Gasteiger partial charge in [-0.05, 0) is 62.7 Å². The second kappa shape index (κ2) is 17.0. The molecule has 2 fully saturated rings. The van der Waals surface area contributed by atoms with Crippen LogP contribution >= 0.6 is 0 Å². The van der Waals surface area contributed by atoms with Gasteiger partial charge in [0.25, 0.3) is 5.91 Å². The highest BCUT2D eigenvalue weighted by Gasteiger charge is 2.42. The highest BCUT2D eigenvalue weighted by Crippen LogP contribution is 2.29. The molecule has 5 atom stereocenters. The predicted molar refractivity (Wildman–Crippen MR) is 180 cm³/mol. The van der Waals surface area contributed by atoms with Crippen LogP contribution in [0.5, 0.6) is 0 Å². The molecule has 0 bridgehead atoms. The molecule has 47 heavy (non-hydrogen) atoms. The first kappa shape index (κ1) is 37.9. The van der Waals surface area contributed by atoms with Crippen molar-refractivity contribution in [2.45, 2.75) is 137 Å². The smallest absolute Gasteiger partial charge is 0.272 e. The molecule has 4 unspecified atom stereocenters. The van der Waals surface area contributed by atoms with Crippen molar-refractivity contribution in [3.8, 4) is 0 Å². The number of carbonyl (C=O) groups is 5. The van der Waals surface area contributed by atoms with E-state index in [1.165, 1.54) is 18.6 Å². The Bertz CT molecular complexity index is 1220. The molecule has 0 spiro atoms. The van der Waals surface area contributed by atoms with E-state index in [9.17, 15) is 24.0 Å². The number of hydrogen-bond donors (Lipinski definition) is 4. The summed E-state index contributed by atoms with van der Waals surface area (Å²) in [6, 6.07) is -2.90. The average molecular weight is 656 g/mol. The van der Waals surface area contributed by atoms with E-state index in [2.05, 4.69) is 31.2 Å². The topological polar surface area (TPSA) is 162 Å². The van der Waals surface area contributed by atoms with E-state index < -0.39 is 35.4 Å². The maximum absolute atomic E-state index is 14.5. The van der Waals surface area contributed by atoms with Crippen molar-refractivity contribution >= 4 is 29.5 Å². The van der Waals surface area contributed by atoms with E-state index in [4.69, 9.17) is 0 Å². The molecule has 2 saturated carbocycles. The molecule has 0 aromatic carbocycles. The first-order valence-corrected chi connectivity index (χ1v) is 17.5. The predicted octanol–water partition coefficient (Wildman–Crippen LogP) is 3.37. The molecular formula is C35H57N7O5. The fourth-order valence-electron chi connectivity index (χ4n) is 6.24. The minimum absolute atomic E-state index is 0.0460. The number of carbonyl (C=O) groups excluding carboxylic acids is 5. The summed E-state index contributed by atoms with van der Waals surface area (Å²) in [4.78, 5) is 77.6. The molecule has 12 nitrogen and oxygen atoms in total. The minimum atomic E-state index is -0.976. The van der Waals surface area contributed by atoms with Crippen molar-refractivity contribution in [2.24, 2.45) is 23.2 Å². The van der Waals surface area contributed by atoms with Gasteiger partial charge in [0.05, 0.1) is 12.1 Å². The second-order valence-corrected chi connectivity index (χ2v) is 14.7. The lowest BCUT2D eigenvalue weighted by atomic mass is 9.84. The van der Waals surface area contributed by atoms with Crippen LogP contribution < -0.4 is 21.3 Å². The van der Waals surface area contributed by atoms with Gasteiger partial charge >= 0.3 is 0 Å². The van der Waals surface area contributed by atoms with Gasteiger partial charge in [-0.15, -0.1) is 0 Å². The van der Waals surface area contributed by atoms with Crippen LogP contribution in [-0.2, 0) is 19.2 Å². The lowest BCUT2D eigenvalue weighted by molar-refractivity contribution is -0.146. The van der Waals surface area contributed by atoms with E-state index in [1.807, 2.05) is 48.5 Å². The van der Waals surface area contributed by atoms with Crippen molar-refractivity contribution in [3.05, 3.63) is 24.3 Å². The molecular weight excluding hydrogens is 598 g/mol. The molecule has 1 aromatic heterocycles. The molecule has 12 heteroatoms. The summed E-state index contributed by atoms with van der Waals surface area (Å²) >= 11 is 0.